The van der Waals surface area contributed by atoms with Gasteiger partial charge in [0.2, 0.25) is 0 Å². The molecule has 0 atom stereocenters. The second kappa shape index (κ2) is 5.62. The molecule has 0 aliphatic heterocycles. The smallest absolute Gasteiger partial charge is 0.162 e. The average molecular weight is 303 g/mol. The van der Waals surface area contributed by atoms with Gasteiger partial charge in [0.15, 0.2) is 11.5 Å². The zero-order valence-electron chi connectivity index (χ0n) is 11.0. The molecule has 3 aromatic rings. The Bertz CT molecular complexity index is 802. The molecule has 0 fully saturated rings. The number of hydrogen-bond donors (Lipinski definition) is 1. The van der Waals surface area contributed by atoms with Crippen molar-refractivity contribution < 1.29 is 14.2 Å². The maximum Gasteiger partial charge on any atom is 0.162 e. The highest BCUT2D eigenvalue weighted by Crippen LogP contribution is 2.32. The summed E-state index contributed by atoms with van der Waals surface area (Å²) < 4.78 is 19.3. The van der Waals surface area contributed by atoms with E-state index in [1.54, 1.807) is 24.3 Å². The van der Waals surface area contributed by atoms with Gasteiger partial charge in [-0.25, -0.2) is 4.39 Å². The molecule has 0 radical (unpaired) electrons. The number of aromatic hydroxyl groups is 1. The van der Waals surface area contributed by atoms with Crippen molar-refractivity contribution in [2.75, 3.05) is 0 Å². The van der Waals surface area contributed by atoms with Crippen molar-refractivity contribution in [2.45, 2.75) is 6.61 Å². The predicted molar refractivity (Wildman–Crippen MR) is 81.4 cm³/mol. The Morgan fingerprint density at radius 3 is 2.48 bits per heavy atom. The lowest BCUT2D eigenvalue weighted by atomic mass is 10.1. The van der Waals surface area contributed by atoms with E-state index in [9.17, 15) is 9.50 Å². The maximum absolute atomic E-state index is 13.8. The topological polar surface area (TPSA) is 29.5 Å². The van der Waals surface area contributed by atoms with Crippen LogP contribution in [0.5, 0.6) is 11.5 Å². The van der Waals surface area contributed by atoms with E-state index in [1.807, 2.05) is 24.3 Å². The summed E-state index contributed by atoms with van der Waals surface area (Å²) in [4.78, 5) is 0. The molecule has 0 aromatic heterocycles. The molecule has 0 spiro atoms. The van der Waals surface area contributed by atoms with E-state index < -0.39 is 5.82 Å². The molecule has 0 heterocycles. The third kappa shape index (κ3) is 2.78. The number of phenolic OH excluding ortho intramolecular Hbond substituents is 1. The van der Waals surface area contributed by atoms with Crippen molar-refractivity contribution >= 4 is 22.4 Å². The Morgan fingerprint density at radius 2 is 1.71 bits per heavy atom. The van der Waals surface area contributed by atoms with E-state index in [1.165, 1.54) is 6.07 Å². The van der Waals surface area contributed by atoms with Gasteiger partial charge in [0.05, 0.1) is 5.02 Å². The molecule has 3 aromatic carbocycles. The van der Waals surface area contributed by atoms with Crippen molar-refractivity contribution in [1.82, 2.24) is 0 Å². The highest BCUT2D eigenvalue weighted by atomic mass is 35.5. The van der Waals surface area contributed by atoms with E-state index in [0.29, 0.717) is 11.3 Å². The van der Waals surface area contributed by atoms with Gasteiger partial charge in [-0.2, -0.15) is 0 Å². The van der Waals surface area contributed by atoms with Crippen LogP contribution in [0.3, 0.4) is 0 Å². The van der Waals surface area contributed by atoms with Gasteiger partial charge in [0.25, 0.3) is 0 Å². The standard InChI is InChI=1S/C17H12ClFO2/c18-14-7-3-6-13(17(14)19)10-21-16-9-12-5-2-1-4-11(12)8-15(16)20/h1-9,20H,10H2. The molecule has 4 heteroatoms. The van der Waals surface area contributed by atoms with Crippen LogP contribution in [-0.2, 0) is 6.61 Å². The number of rotatable bonds is 3. The van der Waals surface area contributed by atoms with Gasteiger partial charge >= 0.3 is 0 Å². The van der Waals surface area contributed by atoms with E-state index in [-0.39, 0.29) is 17.4 Å². The number of fused-ring (bicyclic) bond motifs is 1. The predicted octanol–water partition coefficient (Wildman–Crippen LogP) is 4.92. The Kier molecular flexibility index (Phi) is 3.67. The molecular weight excluding hydrogens is 291 g/mol. The Hall–Kier alpha value is -2.26. The quantitative estimate of drug-likeness (QED) is 0.744. The van der Waals surface area contributed by atoms with Gasteiger partial charge in [-0.05, 0) is 29.0 Å². The number of hydrogen-bond acceptors (Lipinski definition) is 2. The van der Waals surface area contributed by atoms with Crippen LogP contribution in [0.4, 0.5) is 4.39 Å². The zero-order chi connectivity index (χ0) is 14.8. The molecule has 1 N–H and O–H groups in total. The fourth-order valence-corrected chi connectivity index (χ4v) is 2.33. The number of halogens is 2. The van der Waals surface area contributed by atoms with Gasteiger partial charge in [-0.1, -0.05) is 48.0 Å². The van der Waals surface area contributed by atoms with Crippen LogP contribution >= 0.6 is 11.6 Å². The van der Waals surface area contributed by atoms with Gasteiger partial charge < -0.3 is 9.84 Å². The fraction of sp³-hybridized carbons (Fsp3) is 0.0588. The molecule has 0 amide bonds. The molecule has 2 nitrogen and oxygen atoms in total. The Balaban J connectivity index is 1.88. The van der Waals surface area contributed by atoms with E-state index >= 15 is 0 Å². The molecule has 0 aliphatic rings. The summed E-state index contributed by atoms with van der Waals surface area (Å²) in [5, 5.41) is 11.9. The number of ether oxygens (including phenoxy) is 1. The highest BCUT2D eigenvalue weighted by molar-refractivity contribution is 6.30. The first-order valence-corrected chi connectivity index (χ1v) is 6.80. The molecule has 0 saturated heterocycles. The summed E-state index contributed by atoms with van der Waals surface area (Å²) in [7, 11) is 0. The minimum absolute atomic E-state index is 0.00169. The summed E-state index contributed by atoms with van der Waals surface area (Å²) in [6, 6.07) is 15.7. The summed E-state index contributed by atoms with van der Waals surface area (Å²) in [6.45, 7) is -0.00169. The van der Waals surface area contributed by atoms with Crippen LogP contribution in [0.15, 0.2) is 54.6 Å². The van der Waals surface area contributed by atoms with E-state index in [4.69, 9.17) is 16.3 Å². The third-order valence-electron chi connectivity index (χ3n) is 3.24. The highest BCUT2D eigenvalue weighted by Gasteiger charge is 2.09. The molecule has 3 rings (SSSR count). The minimum atomic E-state index is -0.501. The summed E-state index contributed by atoms with van der Waals surface area (Å²) in [5.74, 6) is -0.163. The van der Waals surface area contributed by atoms with Crippen molar-refractivity contribution in [1.29, 1.82) is 0 Å². The van der Waals surface area contributed by atoms with Crippen molar-refractivity contribution in [3.63, 3.8) is 0 Å². The largest absolute Gasteiger partial charge is 0.504 e. The lowest BCUT2D eigenvalue weighted by Gasteiger charge is -2.10. The van der Waals surface area contributed by atoms with Crippen LogP contribution in [0.1, 0.15) is 5.56 Å². The van der Waals surface area contributed by atoms with Crippen LogP contribution in [0.25, 0.3) is 10.8 Å². The van der Waals surface area contributed by atoms with Crippen LogP contribution in [0, 0.1) is 5.82 Å². The lowest BCUT2D eigenvalue weighted by molar-refractivity contribution is 0.284. The minimum Gasteiger partial charge on any atom is -0.504 e. The Labute approximate surface area is 126 Å². The van der Waals surface area contributed by atoms with Crippen molar-refractivity contribution in [2.24, 2.45) is 0 Å². The second-order valence-corrected chi connectivity index (χ2v) is 5.08. The molecular formula is C17H12ClFO2. The third-order valence-corrected chi connectivity index (χ3v) is 3.53. The fourth-order valence-electron chi connectivity index (χ4n) is 2.14. The lowest BCUT2D eigenvalue weighted by Crippen LogP contribution is -1.99. The first kappa shape index (κ1) is 13.7. The molecule has 106 valence electrons. The Morgan fingerprint density at radius 1 is 1.00 bits per heavy atom. The van der Waals surface area contributed by atoms with Gasteiger partial charge in [0, 0.05) is 5.56 Å². The SMILES string of the molecule is Oc1cc2ccccc2cc1OCc1cccc(Cl)c1F. The number of benzene rings is 3. The van der Waals surface area contributed by atoms with Crippen LogP contribution in [-0.4, -0.2) is 5.11 Å². The molecule has 0 aliphatic carbocycles. The van der Waals surface area contributed by atoms with Crippen LogP contribution < -0.4 is 4.74 Å². The monoisotopic (exact) mass is 302 g/mol. The average Bonchev–Trinajstić information content (AvgIpc) is 2.49. The van der Waals surface area contributed by atoms with Gasteiger partial charge in [-0.3, -0.25) is 0 Å². The van der Waals surface area contributed by atoms with Crippen molar-refractivity contribution in [3.05, 3.63) is 71.0 Å². The first-order valence-electron chi connectivity index (χ1n) is 6.42. The molecule has 21 heavy (non-hydrogen) atoms. The molecule has 0 bridgehead atoms. The number of phenols is 1. The molecule has 0 unspecified atom stereocenters. The summed E-state index contributed by atoms with van der Waals surface area (Å²) >= 11 is 5.73. The van der Waals surface area contributed by atoms with Crippen molar-refractivity contribution in [3.8, 4) is 11.5 Å². The summed E-state index contributed by atoms with van der Waals surface area (Å²) in [6.07, 6.45) is 0. The van der Waals surface area contributed by atoms with Crippen LogP contribution in [0.2, 0.25) is 5.02 Å². The van der Waals surface area contributed by atoms with E-state index in [0.717, 1.165) is 10.8 Å². The summed E-state index contributed by atoms with van der Waals surface area (Å²) in [5.41, 5.74) is 0.343. The normalized spacial score (nSPS) is 10.8. The van der Waals surface area contributed by atoms with Gasteiger partial charge in [-0.15, -0.1) is 0 Å². The first-order chi connectivity index (χ1) is 10.1. The van der Waals surface area contributed by atoms with E-state index in [2.05, 4.69) is 0 Å². The zero-order valence-corrected chi connectivity index (χ0v) is 11.8. The second-order valence-electron chi connectivity index (χ2n) is 4.67. The maximum atomic E-state index is 13.8. The molecule has 0 saturated carbocycles. The van der Waals surface area contributed by atoms with Gasteiger partial charge in [0.1, 0.15) is 12.4 Å².